The number of allylic oxidation sites excluding steroid dienone is 1. The van der Waals surface area contributed by atoms with Crippen LogP contribution in [0.5, 0.6) is 0 Å². The van der Waals surface area contributed by atoms with Gasteiger partial charge >= 0.3 is 7.60 Å². The quantitative estimate of drug-likeness (QED) is 0.269. The van der Waals surface area contributed by atoms with Crippen molar-refractivity contribution >= 4 is 35.1 Å². The fraction of sp³-hybridized carbons (Fsp3) is 0.560. The van der Waals surface area contributed by atoms with Crippen LogP contribution in [0, 0.1) is 5.92 Å². The standard InChI is InChI=1S/C25H39N2O6PS2/c1-5-32-34(29,33-6-2)16-15-22(18-26)35-19(3)27-25(28)24(17-20-9-7-8-10-20)21-11-13-23(14-12-21)36(4,30)31/h11-14,18,20,24H,3,5-10,15-17,26H2,1-2,4H3,(H,27,28)/b22-18-/t24-/m1/s1. The number of thioether (sulfide) groups is 1. The molecule has 1 aromatic rings. The van der Waals surface area contributed by atoms with Crippen molar-refractivity contribution in [3.8, 4) is 0 Å². The summed E-state index contributed by atoms with van der Waals surface area (Å²) in [5, 5.41) is 3.30. The van der Waals surface area contributed by atoms with Crippen LogP contribution in [0.25, 0.3) is 0 Å². The highest BCUT2D eigenvalue weighted by Crippen LogP contribution is 2.49. The molecular formula is C25H39N2O6PS2. The number of carbonyl (C=O) groups excluding carboxylic acids is 1. The molecule has 3 N–H and O–H groups in total. The molecule has 36 heavy (non-hydrogen) atoms. The van der Waals surface area contributed by atoms with Crippen molar-refractivity contribution in [1.29, 1.82) is 0 Å². The van der Waals surface area contributed by atoms with Gasteiger partial charge in [0.15, 0.2) is 9.84 Å². The topological polar surface area (TPSA) is 125 Å². The lowest BCUT2D eigenvalue weighted by Gasteiger charge is -2.22. The van der Waals surface area contributed by atoms with Gasteiger partial charge in [-0.25, -0.2) is 8.42 Å². The Morgan fingerprint density at radius 1 is 1.22 bits per heavy atom. The van der Waals surface area contributed by atoms with Crippen LogP contribution in [0.4, 0.5) is 0 Å². The van der Waals surface area contributed by atoms with E-state index in [4.69, 9.17) is 14.8 Å². The smallest absolute Gasteiger partial charge is 0.331 e. The van der Waals surface area contributed by atoms with Crippen LogP contribution >= 0.6 is 19.4 Å². The summed E-state index contributed by atoms with van der Waals surface area (Å²) in [5.41, 5.74) is 6.55. The molecule has 0 aliphatic heterocycles. The molecule has 1 fully saturated rings. The maximum absolute atomic E-state index is 13.3. The number of carbonyl (C=O) groups is 1. The van der Waals surface area contributed by atoms with Crippen molar-refractivity contribution in [2.45, 2.75) is 63.2 Å². The fourth-order valence-corrected chi connectivity index (χ4v) is 7.46. The monoisotopic (exact) mass is 558 g/mol. The lowest BCUT2D eigenvalue weighted by atomic mass is 9.87. The average Bonchev–Trinajstić information content (AvgIpc) is 3.33. The van der Waals surface area contributed by atoms with Crippen LogP contribution in [0.3, 0.4) is 0 Å². The Morgan fingerprint density at radius 3 is 2.31 bits per heavy atom. The van der Waals surface area contributed by atoms with Gasteiger partial charge in [0.1, 0.15) is 0 Å². The number of hydrogen-bond donors (Lipinski definition) is 2. The Hall–Kier alpha value is -1.58. The minimum absolute atomic E-state index is 0.170. The van der Waals surface area contributed by atoms with Gasteiger partial charge in [-0.2, -0.15) is 0 Å². The van der Waals surface area contributed by atoms with Crippen LogP contribution in [-0.2, 0) is 28.2 Å². The summed E-state index contributed by atoms with van der Waals surface area (Å²) in [5.74, 6) is -0.181. The average molecular weight is 559 g/mol. The second-order valence-electron chi connectivity index (χ2n) is 8.85. The first-order valence-electron chi connectivity index (χ1n) is 12.3. The molecule has 0 heterocycles. The first-order valence-corrected chi connectivity index (χ1v) is 16.7. The molecule has 1 aliphatic rings. The molecule has 0 bridgehead atoms. The zero-order valence-electron chi connectivity index (χ0n) is 21.4. The first-order chi connectivity index (χ1) is 17.0. The van der Waals surface area contributed by atoms with Gasteiger partial charge in [0.2, 0.25) is 5.91 Å². The Morgan fingerprint density at radius 2 is 1.81 bits per heavy atom. The first kappa shape index (κ1) is 30.6. The number of benzene rings is 1. The van der Waals surface area contributed by atoms with Crippen molar-refractivity contribution in [2.75, 3.05) is 25.6 Å². The highest BCUT2D eigenvalue weighted by molar-refractivity contribution is 8.06. The van der Waals surface area contributed by atoms with Crippen molar-refractivity contribution in [2.24, 2.45) is 11.7 Å². The van der Waals surface area contributed by atoms with Crippen LogP contribution in [0.1, 0.15) is 63.9 Å². The number of amides is 1. The summed E-state index contributed by atoms with van der Waals surface area (Å²) < 4.78 is 47.1. The van der Waals surface area contributed by atoms with Gasteiger partial charge in [-0.3, -0.25) is 9.36 Å². The predicted octanol–water partition coefficient (Wildman–Crippen LogP) is 5.53. The molecule has 1 aromatic carbocycles. The summed E-state index contributed by atoms with van der Waals surface area (Å²) in [6, 6.07) is 6.53. The van der Waals surface area contributed by atoms with E-state index < -0.39 is 23.4 Å². The number of nitrogens with two attached hydrogens (primary N) is 1. The van der Waals surface area contributed by atoms with Gasteiger partial charge in [-0.1, -0.05) is 56.2 Å². The zero-order valence-corrected chi connectivity index (χ0v) is 23.9. The van der Waals surface area contributed by atoms with Crippen LogP contribution in [-0.4, -0.2) is 40.0 Å². The van der Waals surface area contributed by atoms with Crippen LogP contribution < -0.4 is 11.1 Å². The summed E-state index contributed by atoms with van der Waals surface area (Å²) >= 11 is 1.21. The third-order valence-electron chi connectivity index (χ3n) is 6.06. The second kappa shape index (κ2) is 14.4. The third-order valence-corrected chi connectivity index (χ3v) is 10.2. The molecule has 0 spiro atoms. The molecule has 2 rings (SSSR count). The molecule has 0 saturated heterocycles. The maximum atomic E-state index is 13.3. The summed E-state index contributed by atoms with van der Waals surface area (Å²) in [6.45, 7) is 8.05. The van der Waals surface area contributed by atoms with Gasteiger partial charge in [0.25, 0.3) is 0 Å². The Balaban J connectivity index is 2.08. The van der Waals surface area contributed by atoms with E-state index in [2.05, 4.69) is 11.9 Å². The molecule has 0 radical (unpaired) electrons. The number of sulfone groups is 1. The van der Waals surface area contributed by atoms with Gasteiger partial charge in [-0.15, -0.1) is 0 Å². The van der Waals surface area contributed by atoms with Gasteiger partial charge < -0.3 is 20.1 Å². The fourth-order valence-electron chi connectivity index (χ4n) is 4.30. The van der Waals surface area contributed by atoms with E-state index in [1.54, 1.807) is 38.1 Å². The minimum Gasteiger partial charge on any atom is -0.404 e. The van der Waals surface area contributed by atoms with Gasteiger partial charge in [0, 0.05) is 17.4 Å². The minimum atomic E-state index is -3.32. The molecule has 1 atom stereocenters. The van der Waals surface area contributed by atoms with E-state index in [1.165, 1.54) is 18.0 Å². The van der Waals surface area contributed by atoms with Gasteiger partial charge in [0.05, 0.1) is 35.2 Å². The second-order valence-corrected chi connectivity index (χ2v) is 14.3. The normalized spacial score (nSPS) is 16.1. The number of hydrogen-bond acceptors (Lipinski definition) is 8. The molecule has 202 valence electrons. The number of rotatable bonds is 15. The van der Waals surface area contributed by atoms with Crippen molar-refractivity contribution in [1.82, 2.24) is 5.32 Å². The molecule has 8 nitrogen and oxygen atoms in total. The summed E-state index contributed by atoms with van der Waals surface area (Å²) in [6.07, 6.45) is 8.27. The van der Waals surface area contributed by atoms with E-state index in [0.29, 0.717) is 28.7 Å². The summed E-state index contributed by atoms with van der Waals surface area (Å²) in [7, 11) is -6.54. The lowest BCUT2D eigenvalue weighted by molar-refractivity contribution is -0.122. The number of nitrogens with one attached hydrogen (secondary N) is 1. The highest BCUT2D eigenvalue weighted by Gasteiger charge is 2.28. The van der Waals surface area contributed by atoms with Crippen molar-refractivity contribution in [3.63, 3.8) is 0 Å². The highest BCUT2D eigenvalue weighted by atomic mass is 32.2. The molecule has 1 aliphatic carbocycles. The predicted molar refractivity (Wildman–Crippen MR) is 146 cm³/mol. The Kier molecular flexibility index (Phi) is 12.2. The van der Waals surface area contributed by atoms with Crippen LogP contribution in [0.15, 0.2) is 51.9 Å². The molecule has 1 saturated carbocycles. The molecule has 1 amide bonds. The van der Waals surface area contributed by atoms with Gasteiger partial charge in [-0.05, 0) is 50.3 Å². The largest absolute Gasteiger partial charge is 0.404 e. The van der Waals surface area contributed by atoms with Crippen molar-refractivity contribution < 1.29 is 26.8 Å². The van der Waals surface area contributed by atoms with E-state index in [9.17, 15) is 17.8 Å². The molecular weight excluding hydrogens is 519 g/mol. The van der Waals surface area contributed by atoms with E-state index in [0.717, 1.165) is 37.5 Å². The lowest BCUT2D eigenvalue weighted by Crippen LogP contribution is -2.29. The Bertz CT molecular complexity index is 1060. The SMILES string of the molecule is C=C(NC(=O)[C@H](CC1CCCC1)c1ccc(S(C)(=O)=O)cc1)S/C(=C\N)CCP(=O)(OCC)OCC. The Labute approximate surface area is 219 Å². The molecule has 11 heteroatoms. The molecule has 0 aromatic heterocycles. The van der Waals surface area contributed by atoms with E-state index >= 15 is 0 Å². The molecule has 0 unspecified atom stereocenters. The zero-order chi connectivity index (χ0) is 26.8. The van der Waals surface area contributed by atoms with Crippen molar-refractivity contribution in [3.05, 3.63) is 52.5 Å². The van der Waals surface area contributed by atoms with Crippen LogP contribution in [0.2, 0.25) is 0 Å². The maximum Gasteiger partial charge on any atom is 0.331 e. The summed E-state index contributed by atoms with van der Waals surface area (Å²) in [4.78, 5) is 14.2. The van der Waals surface area contributed by atoms with E-state index in [1.807, 2.05) is 0 Å². The van der Waals surface area contributed by atoms with E-state index in [-0.39, 0.29) is 30.2 Å². The third kappa shape index (κ3) is 9.71.